The van der Waals surface area contributed by atoms with Crippen molar-refractivity contribution in [2.45, 2.75) is 0 Å². The SMILES string of the molecule is N=C(N)c1ccc(Br)c(Cl)n1. The Morgan fingerprint density at radius 3 is 2.73 bits per heavy atom. The molecule has 0 saturated carbocycles. The Hall–Kier alpha value is -0.610. The highest BCUT2D eigenvalue weighted by Gasteiger charge is 2.01. The smallest absolute Gasteiger partial charge is 0.144 e. The second-order valence-electron chi connectivity index (χ2n) is 1.88. The first-order chi connectivity index (χ1) is 5.11. The molecule has 0 fully saturated rings. The summed E-state index contributed by atoms with van der Waals surface area (Å²) in [4.78, 5) is 3.84. The quantitative estimate of drug-likeness (QED) is 0.442. The van der Waals surface area contributed by atoms with E-state index in [1.54, 1.807) is 12.1 Å². The van der Waals surface area contributed by atoms with E-state index < -0.39 is 0 Å². The van der Waals surface area contributed by atoms with Crippen LogP contribution >= 0.6 is 27.5 Å². The molecule has 0 radical (unpaired) electrons. The van der Waals surface area contributed by atoms with Gasteiger partial charge in [-0.2, -0.15) is 0 Å². The van der Waals surface area contributed by atoms with Crippen LogP contribution in [0.5, 0.6) is 0 Å². The number of hydrogen-bond acceptors (Lipinski definition) is 2. The molecule has 0 bridgehead atoms. The highest BCUT2D eigenvalue weighted by molar-refractivity contribution is 9.10. The summed E-state index contributed by atoms with van der Waals surface area (Å²) in [5.74, 6) is -0.0839. The van der Waals surface area contributed by atoms with Gasteiger partial charge in [-0.25, -0.2) is 4.98 Å². The fourth-order valence-electron chi connectivity index (χ4n) is 0.567. The Balaban J connectivity index is 3.15. The van der Waals surface area contributed by atoms with Crippen LogP contribution in [0, 0.1) is 5.41 Å². The number of hydrogen-bond donors (Lipinski definition) is 2. The van der Waals surface area contributed by atoms with Crippen LogP contribution in [0.15, 0.2) is 16.6 Å². The fourth-order valence-corrected chi connectivity index (χ4v) is 0.942. The number of aromatic nitrogens is 1. The molecule has 3 nitrogen and oxygen atoms in total. The minimum atomic E-state index is -0.0839. The van der Waals surface area contributed by atoms with Gasteiger partial charge in [0.2, 0.25) is 0 Å². The lowest BCUT2D eigenvalue weighted by Gasteiger charge is -1.98. The van der Waals surface area contributed by atoms with Crippen LogP contribution in [0.3, 0.4) is 0 Å². The van der Waals surface area contributed by atoms with Crippen LogP contribution < -0.4 is 5.73 Å². The van der Waals surface area contributed by atoms with Crippen molar-refractivity contribution < 1.29 is 0 Å². The molecular weight excluding hydrogens is 229 g/mol. The number of halogens is 2. The van der Waals surface area contributed by atoms with Crippen molar-refractivity contribution in [3.8, 4) is 0 Å². The Kier molecular flexibility index (Phi) is 2.46. The van der Waals surface area contributed by atoms with Crippen molar-refractivity contribution in [2.75, 3.05) is 0 Å². The molecule has 0 aliphatic rings. The van der Waals surface area contributed by atoms with Gasteiger partial charge in [-0.3, -0.25) is 5.41 Å². The van der Waals surface area contributed by atoms with Crippen LogP contribution in [-0.4, -0.2) is 10.8 Å². The normalized spacial score (nSPS) is 9.64. The van der Waals surface area contributed by atoms with Gasteiger partial charge in [0, 0.05) is 0 Å². The summed E-state index contributed by atoms with van der Waals surface area (Å²) >= 11 is 8.82. The zero-order chi connectivity index (χ0) is 8.43. The van der Waals surface area contributed by atoms with Crippen LogP contribution in [0.2, 0.25) is 5.15 Å². The Bertz CT molecular complexity index is 300. The van der Waals surface area contributed by atoms with Gasteiger partial charge < -0.3 is 5.73 Å². The Labute approximate surface area is 77.2 Å². The van der Waals surface area contributed by atoms with Crippen LogP contribution in [0.4, 0.5) is 0 Å². The van der Waals surface area contributed by atoms with E-state index in [9.17, 15) is 0 Å². The molecule has 0 aliphatic carbocycles. The maximum atomic E-state index is 7.04. The second-order valence-corrected chi connectivity index (χ2v) is 3.10. The molecule has 58 valence electrons. The molecule has 0 aromatic carbocycles. The minimum Gasteiger partial charge on any atom is -0.382 e. The van der Waals surface area contributed by atoms with Crippen molar-refractivity contribution in [1.29, 1.82) is 5.41 Å². The first-order valence-electron chi connectivity index (χ1n) is 2.77. The van der Waals surface area contributed by atoms with Gasteiger partial charge in [0.1, 0.15) is 16.7 Å². The minimum absolute atomic E-state index is 0.0839. The monoisotopic (exact) mass is 233 g/mol. The average Bonchev–Trinajstić information content (AvgIpc) is 1.94. The summed E-state index contributed by atoms with van der Waals surface area (Å²) in [5, 5.41) is 7.36. The van der Waals surface area contributed by atoms with Crippen molar-refractivity contribution in [3.63, 3.8) is 0 Å². The third-order valence-electron chi connectivity index (χ3n) is 1.08. The van der Waals surface area contributed by atoms with Gasteiger partial charge >= 0.3 is 0 Å². The van der Waals surface area contributed by atoms with E-state index in [0.717, 1.165) is 0 Å². The van der Waals surface area contributed by atoms with Gasteiger partial charge in [0.25, 0.3) is 0 Å². The third-order valence-corrected chi connectivity index (χ3v) is 2.24. The molecule has 1 aromatic rings. The third kappa shape index (κ3) is 1.91. The summed E-state index contributed by atoms with van der Waals surface area (Å²) in [6.45, 7) is 0. The number of nitrogens with zero attached hydrogens (tertiary/aromatic N) is 1. The molecule has 1 aromatic heterocycles. The predicted octanol–water partition coefficient (Wildman–Crippen LogP) is 1.78. The average molecular weight is 234 g/mol. The fraction of sp³-hybridized carbons (Fsp3) is 0. The molecule has 0 spiro atoms. The molecule has 11 heavy (non-hydrogen) atoms. The lowest BCUT2D eigenvalue weighted by Crippen LogP contribution is -2.12. The maximum absolute atomic E-state index is 7.04. The van der Waals surface area contributed by atoms with Gasteiger partial charge in [0.05, 0.1) is 4.47 Å². The van der Waals surface area contributed by atoms with Gasteiger partial charge in [-0.05, 0) is 28.1 Å². The second kappa shape index (κ2) is 3.19. The van der Waals surface area contributed by atoms with Crippen LogP contribution in [-0.2, 0) is 0 Å². The molecule has 0 unspecified atom stereocenters. The van der Waals surface area contributed by atoms with E-state index in [2.05, 4.69) is 20.9 Å². The number of rotatable bonds is 1. The number of pyridine rings is 1. The topological polar surface area (TPSA) is 62.8 Å². The molecular formula is C6H5BrClN3. The molecule has 0 amide bonds. The summed E-state index contributed by atoms with van der Waals surface area (Å²) < 4.78 is 0.698. The number of amidine groups is 1. The molecule has 0 saturated heterocycles. The zero-order valence-corrected chi connectivity index (χ0v) is 7.78. The molecule has 5 heteroatoms. The zero-order valence-electron chi connectivity index (χ0n) is 5.44. The standard InChI is InChI=1S/C6H5BrClN3/c7-3-1-2-4(6(9)10)11-5(3)8/h1-2H,(H3,9,10). The van der Waals surface area contributed by atoms with Gasteiger partial charge in [-0.1, -0.05) is 11.6 Å². The summed E-state index contributed by atoms with van der Waals surface area (Å²) in [7, 11) is 0. The van der Waals surface area contributed by atoms with Gasteiger partial charge in [0.15, 0.2) is 0 Å². The highest BCUT2D eigenvalue weighted by atomic mass is 79.9. The predicted molar refractivity (Wildman–Crippen MR) is 48.0 cm³/mol. The van der Waals surface area contributed by atoms with Crippen molar-refractivity contribution in [1.82, 2.24) is 4.98 Å². The molecule has 3 N–H and O–H groups in total. The molecule has 1 heterocycles. The number of nitrogens with one attached hydrogen (secondary N) is 1. The lowest BCUT2D eigenvalue weighted by molar-refractivity contribution is 1.24. The van der Waals surface area contributed by atoms with E-state index in [-0.39, 0.29) is 5.84 Å². The van der Waals surface area contributed by atoms with E-state index in [1.165, 1.54) is 0 Å². The first-order valence-corrected chi connectivity index (χ1v) is 3.95. The first kappa shape index (κ1) is 8.49. The Morgan fingerprint density at radius 1 is 1.64 bits per heavy atom. The van der Waals surface area contributed by atoms with Crippen molar-refractivity contribution in [3.05, 3.63) is 27.5 Å². The molecule has 0 aliphatic heterocycles. The van der Waals surface area contributed by atoms with Crippen LogP contribution in [0.1, 0.15) is 5.69 Å². The summed E-state index contributed by atoms with van der Waals surface area (Å²) in [6, 6.07) is 3.32. The summed E-state index contributed by atoms with van der Waals surface area (Å²) in [5.41, 5.74) is 5.57. The lowest BCUT2D eigenvalue weighted by atomic mass is 10.3. The number of nitrogen functional groups attached to an aromatic ring is 1. The highest BCUT2D eigenvalue weighted by Crippen LogP contribution is 2.19. The van der Waals surface area contributed by atoms with Crippen molar-refractivity contribution in [2.24, 2.45) is 5.73 Å². The molecule has 0 atom stereocenters. The van der Waals surface area contributed by atoms with Crippen molar-refractivity contribution >= 4 is 33.4 Å². The van der Waals surface area contributed by atoms with E-state index >= 15 is 0 Å². The van der Waals surface area contributed by atoms with Crippen LogP contribution in [0.25, 0.3) is 0 Å². The molecule has 1 rings (SSSR count). The maximum Gasteiger partial charge on any atom is 0.144 e. The van der Waals surface area contributed by atoms with E-state index in [4.69, 9.17) is 22.7 Å². The summed E-state index contributed by atoms with van der Waals surface area (Å²) in [6.07, 6.45) is 0. The van der Waals surface area contributed by atoms with E-state index in [1.807, 2.05) is 0 Å². The number of nitrogens with two attached hydrogens (primary N) is 1. The Morgan fingerprint density at radius 2 is 2.27 bits per heavy atom. The largest absolute Gasteiger partial charge is 0.382 e. The van der Waals surface area contributed by atoms with Gasteiger partial charge in [-0.15, -0.1) is 0 Å². The van der Waals surface area contributed by atoms with E-state index in [0.29, 0.717) is 15.3 Å².